The van der Waals surface area contributed by atoms with E-state index < -0.39 is 24.5 Å². The molecule has 0 aliphatic heterocycles. The minimum Gasteiger partial charge on any atom is -0.462 e. The van der Waals surface area contributed by atoms with Crippen molar-refractivity contribution >= 4 is 40.0 Å². The molecule has 10 nitrogen and oxygen atoms in total. The lowest BCUT2D eigenvalue weighted by atomic mass is 10.1. The quantitative estimate of drug-likeness (QED) is 0.550. The average Bonchev–Trinajstić information content (AvgIpc) is 3.27. The van der Waals surface area contributed by atoms with Crippen LogP contribution in [0.5, 0.6) is 0 Å². The van der Waals surface area contributed by atoms with Gasteiger partial charge in [0, 0.05) is 16.3 Å². The van der Waals surface area contributed by atoms with Crippen LogP contribution < -0.4 is 5.32 Å². The number of aromatic nitrogens is 4. The Morgan fingerprint density at radius 2 is 1.84 bits per heavy atom. The van der Waals surface area contributed by atoms with Crippen LogP contribution in [0.2, 0.25) is 0 Å². The van der Waals surface area contributed by atoms with E-state index in [1.54, 1.807) is 13.0 Å². The number of nitrogens with one attached hydrogen (secondary N) is 1. The number of ether oxygens (including phenoxy) is 2. The summed E-state index contributed by atoms with van der Waals surface area (Å²) in [6.07, 6.45) is 0.619. The second-order valence-corrected chi connectivity index (χ2v) is 7.95. The summed E-state index contributed by atoms with van der Waals surface area (Å²) >= 11 is 1.28. The molecule has 0 radical (unpaired) electrons. The molecule has 3 aromatic rings. The lowest BCUT2D eigenvalue weighted by Crippen LogP contribution is -2.22. The van der Waals surface area contributed by atoms with Gasteiger partial charge in [-0.25, -0.2) is 19.1 Å². The molecule has 1 amide bonds. The third-order valence-corrected chi connectivity index (χ3v) is 5.49. The highest BCUT2D eigenvalue weighted by Gasteiger charge is 2.24. The normalized spacial score (nSPS) is 10.9. The molecule has 0 saturated heterocycles. The SMILES string of the molecule is CCOC(=O)c1c(NC(=O)COC(=O)c2nc3nc(C)cc(C)n3n2)sc(C)c1CC. The van der Waals surface area contributed by atoms with Crippen LogP contribution in [0.3, 0.4) is 0 Å². The molecule has 0 atom stereocenters. The number of esters is 2. The Kier molecular flexibility index (Phi) is 6.64. The van der Waals surface area contributed by atoms with Gasteiger partial charge < -0.3 is 14.8 Å². The maximum Gasteiger partial charge on any atom is 0.378 e. The molecule has 0 spiro atoms. The van der Waals surface area contributed by atoms with Crippen molar-refractivity contribution in [3.63, 3.8) is 0 Å². The summed E-state index contributed by atoms with van der Waals surface area (Å²) in [7, 11) is 0. The van der Waals surface area contributed by atoms with Crippen LogP contribution in [0.1, 0.15) is 56.7 Å². The van der Waals surface area contributed by atoms with Gasteiger partial charge in [-0.05, 0) is 45.7 Å². The van der Waals surface area contributed by atoms with Crippen molar-refractivity contribution < 1.29 is 23.9 Å². The van der Waals surface area contributed by atoms with E-state index in [0.717, 1.165) is 21.8 Å². The molecule has 0 saturated carbocycles. The van der Waals surface area contributed by atoms with Crippen LogP contribution in [0, 0.1) is 20.8 Å². The zero-order chi connectivity index (χ0) is 22.7. The Hall–Kier alpha value is -3.34. The maximum absolute atomic E-state index is 12.4. The number of nitrogens with zero attached hydrogens (tertiary/aromatic N) is 4. The average molecular weight is 446 g/mol. The maximum atomic E-state index is 12.4. The molecule has 0 aromatic carbocycles. The fraction of sp³-hybridized carbons (Fsp3) is 0.400. The summed E-state index contributed by atoms with van der Waals surface area (Å²) in [5.74, 6) is -1.85. The van der Waals surface area contributed by atoms with Crippen LogP contribution in [0.4, 0.5) is 5.00 Å². The van der Waals surface area contributed by atoms with Crippen molar-refractivity contribution in [3.8, 4) is 0 Å². The lowest BCUT2D eigenvalue weighted by molar-refractivity contribution is -0.119. The van der Waals surface area contributed by atoms with Crippen molar-refractivity contribution in [2.45, 2.75) is 41.0 Å². The third-order valence-electron chi connectivity index (χ3n) is 4.43. The zero-order valence-electron chi connectivity index (χ0n) is 17.9. The Morgan fingerprint density at radius 3 is 2.52 bits per heavy atom. The number of carbonyl (C=O) groups is 3. The highest BCUT2D eigenvalue weighted by atomic mass is 32.1. The molecule has 0 aliphatic rings. The van der Waals surface area contributed by atoms with Crippen molar-refractivity contribution in [2.75, 3.05) is 18.5 Å². The molecule has 0 aliphatic carbocycles. The van der Waals surface area contributed by atoms with Gasteiger partial charge in [0.05, 0.1) is 12.2 Å². The molecule has 3 aromatic heterocycles. The van der Waals surface area contributed by atoms with Gasteiger partial charge in [-0.15, -0.1) is 16.4 Å². The van der Waals surface area contributed by atoms with E-state index in [9.17, 15) is 14.4 Å². The molecule has 0 bridgehead atoms. The van der Waals surface area contributed by atoms with Crippen molar-refractivity contribution in [1.29, 1.82) is 0 Å². The van der Waals surface area contributed by atoms with Gasteiger partial charge in [0.25, 0.3) is 17.5 Å². The van der Waals surface area contributed by atoms with Crippen molar-refractivity contribution in [1.82, 2.24) is 19.6 Å². The second-order valence-electron chi connectivity index (χ2n) is 6.73. The summed E-state index contributed by atoms with van der Waals surface area (Å²) in [4.78, 5) is 46.2. The van der Waals surface area contributed by atoms with E-state index in [2.05, 4.69) is 20.4 Å². The van der Waals surface area contributed by atoms with Gasteiger partial charge in [-0.2, -0.15) is 4.98 Å². The number of amides is 1. The fourth-order valence-corrected chi connectivity index (χ4v) is 4.27. The standard InChI is InChI=1S/C20H23N5O5S/c1-6-13-12(5)31-17(15(13)18(27)29-7-2)22-14(26)9-30-19(28)16-23-20-21-10(3)8-11(4)25(20)24-16/h8H,6-7,9H2,1-5H3,(H,22,26). The summed E-state index contributed by atoms with van der Waals surface area (Å²) in [6, 6.07) is 1.80. The van der Waals surface area contributed by atoms with Gasteiger partial charge >= 0.3 is 11.9 Å². The topological polar surface area (TPSA) is 125 Å². The molecule has 11 heteroatoms. The van der Waals surface area contributed by atoms with Crippen LogP contribution in [-0.4, -0.2) is 50.6 Å². The summed E-state index contributed by atoms with van der Waals surface area (Å²) < 4.78 is 11.6. The summed E-state index contributed by atoms with van der Waals surface area (Å²) in [6.45, 7) is 8.80. The van der Waals surface area contributed by atoms with E-state index in [0.29, 0.717) is 17.0 Å². The summed E-state index contributed by atoms with van der Waals surface area (Å²) in [5.41, 5.74) is 2.66. The van der Waals surface area contributed by atoms with Crippen LogP contribution in [0.15, 0.2) is 6.07 Å². The first-order valence-electron chi connectivity index (χ1n) is 9.72. The highest BCUT2D eigenvalue weighted by molar-refractivity contribution is 7.16. The molecule has 31 heavy (non-hydrogen) atoms. The number of rotatable bonds is 7. The minimum absolute atomic E-state index is 0.193. The van der Waals surface area contributed by atoms with E-state index in [4.69, 9.17) is 9.47 Å². The Balaban J connectivity index is 1.70. The zero-order valence-corrected chi connectivity index (χ0v) is 18.8. The van der Waals surface area contributed by atoms with Gasteiger partial charge in [0.2, 0.25) is 0 Å². The molecular formula is C20H23N5O5S. The molecular weight excluding hydrogens is 422 g/mol. The molecule has 0 fully saturated rings. The van der Waals surface area contributed by atoms with Gasteiger partial charge in [0.15, 0.2) is 6.61 Å². The van der Waals surface area contributed by atoms with Gasteiger partial charge in [0.1, 0.15) is 5.00 Å². The first-order chi connectivity index (χ1) is 14.7. The predicted octanol–water partition coefficient (Wildman–Crippen LogP) is 2.65. The number of hydrogen-bond acceptors (Lipinski definition) is 9. The monoisotopic (exact) mass is 445 g/mol. The van der Waals surface area contributed by atoms with E-state index >= 15 is 0 Å². The molecule has 1 N–H and O–H groups in total. The molecule has 3 heterocycles. The van der Waals surface area contributed by atoms with E-state index in [1.165, 1.54) is 15.9 Å². The number of aryl methyl sites for hydroxylation is 3. The number of thiophene rings is 1. The third kappa shape index (κ3) is 4.71. The van der Waals surface area contributed by atoms with E-state index in [-0.39, 0.29) is 18.2 Å². The predicted molar refractivity (Wildman–Crippen MR) is 114 cm³/mol. The second kappa shape index (κ2) is 9.21. The van der Waals surface area contributed by atoms with Crippen LogP contribution in [0.25, 0.3) is 5.78 Å². The van der Waals surface area contributed by atoms with Gasteiger partial charge in [-0.1, -0.05) is 6.92 Å². The van der Waals surface area contributed by atoms with Crippen LogP contribution in [-0.2, 0) is 20.7 Å². The Morgan fingerprint density at radius 1 is 1.10 bits per heavy atom. The van der Waals surface area contributed by atoms with Crippen LogP contribution >= 0.6 is 11.3 Å². The van der Waals surface area contributed by atoms with Gasteiger partial charge in [-0.3, -0.25) is 4.79 Å². The Labute approximate surface area is 182 Å². The number of carbonyl (C=O) groups excluding carboxylic acids is 3. The number of fused-ring (bicyclic) bond motifs is 1. The minimum atomic E-state index is -0.847. The first kappa shape index (κ1) is 22.3. The first-order valence-corrected chi connectivity index (χ1v) is 10.5. The fourth-order valence-electron chi connectivity index (χ4n) is 3.12. The highest BCUT2D eigenvalue weighted by Crippen LogP contribution is 2.34. The lowest BCUT2D eigenvalue weighted by Gasteiger charge is -2.08. The van der Waals surface area contributed by atoms with Crippen molar-refractivity contribution in [3.05, 3.63) is 39.3 Å². The number of anilines is 1. The Bertz CT molecular complexity index is 1170. The largest absolute Gasteiger partial charge is 0.462 e. The summed E-state index contributed by atoms with van der Waals surface area (Å²) in [5, 5.41) is 7.09. The number of hydrogen-bond donors (Lipinski definition) is 1. The smallest absolute Gasteiger partial charge is 0.378 e. The molecule has 164 valence electrons. The molecule has 3 rings (SSSR count). The van der Waals surface area contributed by atoms with E-state index in [1.807, 2.05) is 27.7 Å². The van der Waals surface area contributed by atoms with Crippen molar-refractivity contribution in [2.24, 2.45) is 0 Å². The molecule has 0 unspecified atom stereocenters.